The number of carbonyl (C=O) groups excluding carboxylic acids is 1. The molecule has 5 heteroatoms. The maximum Gasteiger partial charge on any atom is 0.256 e. The highest BCUT2D eigenvalue weighted by molar-refractivity contribution is 6.31. The normalized spacial score (nSPS) is 19.1. The number of hydrogen-bond acceptors (Lipinski definition) is 3. The molecule has 1 unspecified atom stereocenters. The van der Waals surface area contributed by atoms with E-state index in [9.17, 15) is 4.79 Å². The Kier molecular flexibility index (Phi) is 4.09. The smallest absolute Gasteiger partial charge is 0.256 e. The van der Waals surface area contributed by atoms with Gasteiger partial charge in [0.25, 0.3) is 5.91 Å². The molecule has 0 radical (unpaired) electrons. The highest BCUT2D eigenvalue weighted by Crippen LogP contribution is 2.24. The van der Waals surface area contributed by atoms with Crippen molar-refractivity contribution < 1.29 is 9.90 Å². The van der Waals surface area contributed by atoms with Gasteiger partial charge in [-0.2, -0.15) is 0 Å². The van der Waals surface area contributed by atoms with Gasteiger partial charge in [-0.1, -0.05) is 11.6 Å². The number of aliphatic hydroxyl groups excluding tert-OH is 1. The number of likely N-dealkylation sites (tertiary alicyclic amines) is 1. The molecule has 0 aromatic heterocycles. The average molecular weight is 269 g/mol. The Bertz CT molecular complexity index is 451. The van der Waals surface area contributed by atoms with Crippen molar-refractivity contribution in [2.24, 2.45) is 5.92 Å². The van der Waals surface area contributed by atoms with E-state index in [0.717, 1.165) is 12.1 Å². The second kappa shape index (κ2) is 5.59. The lowest BCUT2D eigenvalue weighted by molar-refractivity contribution is 0.0783. The fraction of sp³-hybridized carbons (Fsp3) is 0.462. The molecule has 1 aromatic carbocycles. The van der Waals surface area contributed by atoms with Gasteiger partial charge in [-0.3, -0.25) is 4.79 Å². The van der Waals surface area contributed by atoms with Gasteiger partial charge in [-0.05, 0) is 24.6 Å². The summed E-state index contributed by atoms with van der Waals surface area (Å²) in [4.78, 5) is 14.2. The van der Waals surface area contributed by atoms with Crippen molar-refractivity contribution in [1.29, 1.82) is 0 Å². The van der Waals surface area contributed by atoms with Crippen molar-refractivity contribution in [3.63, 3.8) is 0 Å². The Labute approximate surface area is 112 Å². The first kappa shape index (κ1) is 13.2. The monoisotopic (exact) mass is 268 g/mol. The first-order valence-corrected chi connectivity index (χ1v) is 6.41. The lowest BCUT2D eigenvalue weighted by atomic mass is 10.1. The summed E-state index contributed by atoms with van der Waals surface area (Å²) in [7, 11) is 1.78. The van der Waals surface area contributed by atoms with Crippen molar-refractivity contribution in [1.82, 2.24) is 4.90 Å². The van der Waals surface area contributed by atoms with Gasteiger partial charge in [0.1, 0.15) is 0 Å². The Morgan fingerprint density at radius 3 is 3.00 bits per heavy atom. The predicted octanol–water partition coefficient (Wildman–Crippen LogP) is 1.84. The van der Waals surface area contributed by atoms with Crippen LogP contribution < -0.4 is 5.32 Å². The van der Waals surface area contributed by atoms with Gasteiger partial charge in [-0.25, -0.2) is 0 Å². The fourth-order valence-corrected chi connectivity index (χ4v) is 2.42. The molecule has 1 saturated heterocycles. The number of anilines is 1. The quantitative estimate of drug-likeness (QED) is 0.880. The molecule has 0 saturated carbocycles. The molecular weight excluding hydrogens is 252 g/mol. The molecule has 1 fully saturated rings. The van der Waals surface area contributed by atoms with Gasteiger partial charge in [0.2, 0.25) is 0 Å². The summed E-state index contributed by atoms with van der Waals surface area (Å²) in [5.74, 6) is 0.170. The van der Waals surface area contributed by atoms with Crippen LogP contribution >= 0.6 is 11.6 Å². The van der Waals surface area contributed by atoms with E-state index < -0.39 is 0 Å². The van der Waals surface area contributed by atoms with E-state index in [1.807, 2.05) is 0 Å². The molecule has 1 aliphatic heterocycles. The molecule has 1 amide bonds. The standard InChI is InChI=1S/C13H17ClN2O2/c1-15-12-3-2-10(14)6-11(12)13(18)16-5-4-9(7-16)8-17/h2-3,6,9,15,17H,4-5,7-8H2,1H3. The molecule has 1 aromatic rings. The zero-order chi connectivity index (χ0) is 13.1. The summed E-state index contributed by atoms with van der Waals surface area (Å²) in [6.07, 6.45) is 0.859. The van der Waals surface area contributed by atoms with E-state index in [1.165, 1.54) is 0 Å². The van der Waals surface area contributed by atoms with Gasteiger partial charge in [0, 0.05) is 43.4 Å². The first-order valence-electron chi connectivity index (χ1n) is 6.03. The maximum absolute atomic E-state index is 12.4. The maximum atomic E-state index is 12.4. The molecule has 0 bridgehead atoms. The zero-order valence-corrected chi connectivity index (χ0v) is 11.1. The van der Waals surface area contributed by atoms with Crippen LogP contribution in [0.5, 0.6) is 0 Å². The van der Waals surface area contributed by atoms with E-state index in [-0.39, 0.29) is 18.4 Å². The minimum atomic E-state index is -0.0298. The van der Waals surface area contributed by atoms with Crippen LogP contribution in [0.2, 0.25) is 5.02 Å². The van der Waals surface area contributed by atoms with Crippen LogP contribution in [-0.2, 0) is 0 Å². The summed E-state index contributed by atoms with van der Waals surface area (Å²) in [6.45, 7) is 1.45. The molecule has 1 aliphatic rings. The van der Waals surface area contributed by atoms with Crippen LogP contribution in [-0.4, -0.2) is 42.7 Å². The molecule has 18 heavy (non-hydrogen) atoms. The van der Waals surface area contributed by atoms with Crippen molar-refractivity contribution in [3.05, 3.63) is 28.8 Å². The second-order valence-corrected chi connectivity index (χ2v) is 4.96. The summed E-state index contributed by atoms with van der Waals surface area (Å²) in [6, 6.07) is 5.24. The lowest BCUT2D eigenvalue weighted by Gasteiger charge is -2.18. The van der Waals surface area contributed by atoms with Crippen LogP contribution in [0, 0.1) is 5.92 Å². The summed E-state index contributed by atoms with van der Waals surface area (Å²) in [5, 5.41) is 12.7. The Morgan fingerprint density at radius 2 is 2.39 bits per heavy atom. The van der Waals surface area contributed by atoms with Gasteiger partial charge < -0.3 is 15.3 Å². The second-order valence-electron chi connectivity index (χ2n) is 4.53. The van der Waals surface area contributed by atoms with E-state index in [0.29, 0.717) is 23.7 Å². The Hall–Kier alpha value is -1.26. The van der Waals surface area contributed by atoms with Gasteiger partial charge in [0.05, 0.1) is 5.56 Å². The van der Waals surface area contributed by atoms with Gasteiger partial charge in [-0.15, -0.1) is 0 Å². The molecule has 0 aliphatic carbocycles. The fourth-order valence-electron chi connectivity index (χ4n) is 2.25. The minimum absolute atomic E-state index is 0.0298. The number of nitrogens with zero attached hydrogens (tertiary/aromatic N) is 1. The topological polar surface area (TPSA) is 52.6 Å². The largest absolute Gasteiger partial charge is 0.396 e. The number of halogens is 1. The summed E-state index contributed by atoms with van der Waals surface area (Å²) < 4.78 is 0. The highest BCUT2D eigenvalue weighted by atomic mass is 35.5. The number of carbonyl (C=O) groups is 1. The van der Waals surface area contributed by atoms with Crippen LogP contribution in [0.4, 0.5) is 5.69 Å². The number of benzene rings is 1. The molecule has 1 atom stereocenters. The average Bonchev–Trinajstić information content (AvgIpc) is 2.86. The van der Waals surface area contributed by atoms with Crippen molar-refractivity contribution in [2.45, 2.75) is 6.42 Å². The number of hydrogen-bond donors (Lipinski definition) is 2. The number of amides is 1. The molecule has 2 N–H and O–H groups in total. The molecule has 98 valence electrons. The summed E-state index contributed by atoms with van der Waals surface area (Å²) in [5.41, 5.74) is 1.36. The predicted molar refractivity (Wildman–Crippen MR) is 72.1 cm³/mol. The molecule has 1 heterocycles. The van der Waals surface area contributed by atoms with Crippen LogP contribution in [0.25, 0.3) is 0 Å². The van der Waals surface area contributed by atoms with Crippen molar-refractivity contribution in [3.8, 4) is 0 Å². The summed E-state index contributed by atoms with van der Waals surface area (Å²) >= 11 is 5.94. The molecule has 4 nitrogen and oxygen atoms in total. The number of rotatable bonds is 3. The zero-order valence-electron chi connectivity index (χ0n) is 10.3. The molecule has 0 spiro atoms. The van der Waals surface area contributed by atoms with E-state index in [2.05, 4.69) is 5.32 Å². The first-order chi connectivity index (χ1) is 8.65. The van der Waals surface area contributed by atoms with Crippen LogP contribution in [0.1, 0.15) is 16.8 Å². The van der Waals surface area contributed by atoms with Gasteiger partial charge in [0.15, 0.2) is 0 Å². The minimum Gasteiger partial charge on any atom is -0.396 e. The third-order valence-electron chi connectivity index (χ3n) is 3.31. The van der Waals surface area contributed by atoms with E-state index >= 15 is 0 Å². The Morgan fingerprint density at radius 1 is 1.61 bits per heavy atom. The third kappa shape index (κ3) is 2.60. The van der Waals surface area contributed by atoms with Crippen LogP contribution in [0.15, 0.2) is 18.2 Å². The molecule has 2 rings (SSSR count). The lowest BCUT2D eigenvalue weighted by Crippen LogP contribution is -2.29. The van der Waals surface area contributed by atoms with Crippen LogP contribution in [0.3, 0.4) is 0 Å². The number of nitrogens with one attached hydrogen (secondary N) is 1. The number of aliphatic hydroxyl groups is 1. The highest BCUT2D eigenvalue weighted by Gasteiger charge is 2.27. The van der Waals surface area contributed by atoms with Crippen molar-refractivity contribution >= 4 is 23.2 Å². The van der Waals surface area contributed by atoms with E-state index in [4.69, 9.17) is 16.7 Å². The Balaban J connectivity index is 2.21. The van der Waals surface area contributed by atoms with E-state index in [1.54, 1.807) is 30.1 Å². The SMILES string of the molecule is CNc1ccc(Cl)cc1C(=O)N1CCC(CO)C1. The molecular formula is C13H17ClN2O2. The van der Waals surface area contributed by atoms with Gasteiger partial charge >= 0.3 is 0 Å². The van der Waals surface area contributed by atoms with Crippen molar-refractivity contribution in [2.75, 3.05) is 32.1 Å². The third-order valence-corrected chi connectivity index (χ3v) is 3.55.